The van der Waals surface area contributed by atoms with Gasteiger partial charge in [-0.3, -0.25) is 86.7 Å². The molecule has 8 amide bonds. The number of rotatable bonds is 31. The lowest BCUT2D eigenvalue weighted by molar-refractivity contribution is -0.368. The minimum Gasteiger partial charge on any atom is -0.463 e. The molecular weight excluding hydrogens is 1710 g/mol. The first-order chi connectivity index (χ1) is 62.8. The molecule has 0 spiro atoms. The molecule has 674 valence electrons. The Morgan fingerprint density at radius 1 is 0.269 bits per heavy atom. The molecule has 0 aromatic heterocycles. The van der Waals surface area contributed by atoms with Gasteiger partial charge in [-0.2, -0.15) is 0 Å². The topological polar surface area (TPSA) is 400 Å². The van der Waals surface area contributed by atoms with Gasteiger partial charge in [-0.15, -0.1) is 0 Å². The predicted molar refractivity (Wildman–Crippen MR) is 447 cm³/mol. The monoisotopic (exact) mass is 1800 g/mol. The Labute approximate surface area is 747 Å². The fraction of sp³-hybridized carbons (Fsp3) is 0.347. The van der Waals surface area contributed by atoms with E-state index in [0.29, 0.717) is 36.3 Å². The van der Waals surface area contributed by atoms with Crippen LogP contribution in [-0.4, -0.2) is 251 Å². The highest BCUT2D eigenvalue weighted by Gasteiger charge is 2.66. The first kappa shape index (κ1) is 90.4. The van der Waals surface area contributed by atoms with Crippen LogP contribution in [0, 0.1) is 0 Å². The van der Waals surface area contributed by atoms with Crippen molar-refractivity contribution < 1.29 is 143 Å². The molecule has 0 saturated carbocycles. The number of carbonyl (C=O) groups excluding carboxylic acids is 14. The second-order valence-corrected chi connectivity index (χ2v) is 32.8. The molecule has 8 aliphatic heterocycles. The number of hydrogen-bond donors (Lipinski definition) is 0. The maximum Gasteiger partial charge on any atom is 0.303 e. The third-order valence-corrected chi connectivity index (χ3v) is 24.1. The smallest absolute Gasteiger partial charge is 0.303 e. The van der Waals surface area contributed by atoms with Crippen LogP contribution in [0.25, 0.3) is 0 Å². The van der Waals surface area contributed by atoms with Gasteiger partial charge in [0.15, 0.2) is 49.4 Å². The Kier molecular flexibility index (Phi) is 27.5. The van der Waals surface area contributed by atoms with Gasteiger partial charge < -0.3 is 75.8 Å². The van der Waals surface area contributed by atoms with Gasteiger partial charge in [0.1, 0.15) is 78.9 Å². The standard InChI is InChI=1S/C95H88N4O30S/c1-50(100)117-49-71-76(118-51(2)101)80(119-52(3)102)72(96-84(106)60-35-19-20-36-61(60)85(96)107)94(125-71)128-78-69(47-115-44-57-29-13-8-14-30-57)123-92(73(81(78)120-53(4)103)97-86(108)62-37-21-22-38-63(62)87(97)109)127-77-68(46-114-43-56-27-11-7-12-28-56)124-93(74(82(77)121-54(5)104)98-88(110)64-39-23-24-40-65(64)89(98)111)129-79-70(48-116-45-58-31-15-9-16-32-58)126-95(130-59-33-17-10-18-34-59)75(83(79)122-55(6)105)99-90(112)66-41-25-26-42-67(66)91(99)113/h7-42,68-83,92-95H,43-49H2,1-6H3/t68-,69-,70-,71-,72-,73-,74-,75-,76-,77-,78-,79-,80-,81-,82-,83-,92+,93+,94+,95+/m1/s1. The predicted octanol–water partition coefficient (Wildman–Crippen LogP) is 8.37. The van der Waals surface area contributed by atoms with E-state index in [0.717, 1.165) is 58.2 Å². The van der Waals surface area contributed by atoms with E-state index in [1.54, 1.807) is 133 Å². The van der Waals surface area contributed by atoms with Crippen LogP contribution in [0.4, 0.5) is 0 Å². The van der Waals surface area contributed by atoms with Gasteiger partial charge in [0.2, 0.25) is 0 Å². The molecule has 35 heteroatoms. The Morgan fingerprint density at radius 2 is 0.500 bits per heavy atom. The average molecular weight is 1800 g/mol. The Bertz CT molecular complexity index is 5520. The molecule has 0 radical (unpaired) electrons. The minimum atomic E-state index is -2.36. The maximum atomic E-state index is 16.0. The quantitative estimate of drug-likeness (QED) is 0.0223. The lowest BCUT2D eigenvalue weighted by Gasteiger charge is -2.54. The number of amides is 8. The summed E-state index contributed by atoms with van der Waals surface area (Å²) in [4.78, 5) is 212. The molecule has 0 bridgehead atoms. The Balaban J connectivity index is 0.879. The molecule has 16 rings (SSSR count). The molecule has 20 atom stereocenters. The van der Waals surface area contributed by atoms with Crippen LogP contribution in [0.15, 0.2) is 223 Å². The fourth-order valence-electron chi connectivity index (χ4n) is 17.6. The van der Waals surface area contributed by atoms with Gasteiger partial charge in [0.05, 0.1) is 84.1 Å². The Morgan fingerprint density at radius 3 is 0.777 bits per heavy atom. The van der Waals surface area contributed by atoms with Crippen LogP contribution in [-0.2, 0) is 124 Å². The molecule has 130 heavy (non-hydrogen) atoms. The summed E-state index contributed by atoms with van der Waals surface area (Å²) in [6, 6.07) is 49.8. The van der Waals surface area contributed by atoms with E-state index >= 15 is 38.4 Å². The summed E-state index contributed by atoms with van der Waals surface area (Å²) in [6.07, 6.45) is -30.2. The van der Waals surface area contributed by atoms with Gasteiger partial charge in [-0.1, -0.05) is 169 Å². The largest absolute Gasteiger partial charge is 0.463 e. The zero-order valence-electron chi connectivity index (χ0n) is 70.7. The average Bonchev–Trinajstić information content (AvgIpc) is 1.47. The summed E-state index contributed by atoms with van der Waals surface area (Å²) in [5.74, 6) is -14.3. The van der Waals surface area contributed by atoms with Gasteiger partial charge in [-0.05, 0) is 77.4 Å². The van der Waals surface area contributed by atoms with Crippen LogP contribution in [0.1, 0.15) is 141 Å². The van der Waals surface area contributed by atoms with Crippen molar-refractivity contribution in [2.75, 3.05) is 26.4 Å². The number of benzene rings is 8. The van der Waals surface area contributed by atoms with Gasteiger partial charge in [-0.25, -0.2) is 0 Å². The first-order valence-corrected chi connectivity index (χ1v) is 42.7. The van der Waals surface area contributed by atoms with E-state index in [4.69, 9.17) is 75.8 Å². The van der Waals surface area contributed by atoms with Gasteiger partial charge in [0, 0.05) is 46.4 Å². The van der Waals surface area contributed by atoms with Crippen LogP contribution in [0.5, 0.6) is 0 Å². The normalized spacial score (nSPS) is 27.4. The van der Waals surface area contributed by atoms with Crippen LogP contribution >= 0.6 is 11.8 Å². The molecule has 34 nitrogen and oxygen atoms in total. The number of carbonyl (C=O) groups is 14. The highest BCUT2D eigenvalue weighted by atomic mass is 32.2. The number of imide groups is 4. The van der Waals surface area contributed by atoms with E-state index in [2.05, 4.69) is 0 Å². The fourth-order valence-corrected chi connectivity index (χ4v) is 18.8. The summed E-state index contributed by atoms with van der Waals surface area (Å²) < 4.78 is 108. The highest BCUT2D eigenvalue weighted by Crippen LogP contribution is 2.47. The number of esters is 6. The maximum absolute atomic E-state index is 16.0. The van der Waals surface area contributed by atoms with Crippen molar-refractivity contribution in [1.82, 2.24) is 19.6 Å². The second kappa shape index (κ2) is 39.6. The molecule has 0 N–H and O–H groups in total. The van der Waals surface area contributed by atoms with Crippen LogP contribution in [0.2, 0.25) is 0 Å². The molecule has 0 aliphatic carbocycles. The minimum absolute atomic E-state index is 0.0127. The number of thioether (sulfide) groups is 1. The van der Waals surface area contributed by atoms with Gasteiger partial charge >= 0.3 is 35.8 Å². The van der Waals surface area contributed by atoms with E-state index in [9.17, 15) is 28.8 Å². The lowest BCUT2D eigenvalue weighted by Crippen LogP contribution is -2.73. The third kappa shape index (κ3) is 18.8. The van der Waals surface area contributed by atoms with E-state index in [1.807, 2.05) is 0 Å². The third-order valence-electron chi connectivity index (χ3n) is 23.0. The Hall–Kier alpha value is -12.9. The van der Waals surface area contributed by atoms with Crippen LogP contribution < -0.4 is 0 Å². The zero-order chi connectivity index (χ0) is 91.3. The van der Waals surface area contributed by atoms with Crippen molar-refractivity contribution in [1.29, 1.82) is 0 Å². The number of ether oxygens (including phenoxy) is 16. The van der Waals surface area contributed by atoms with Crippen LogP contribution in [0.3, 0.4) is 0 Å². The highest BCUT2D eigenvalue weighted by molar-refractivity contribution is 7.99. The van der Waals surface area contributed by atoms with Crippen molar-refractivity contribution >= 4 is 94.8 Å². The zero-order valence-corrected chi connectivity index (χ0v) is 71.5. The molecular formula is C95H88N4O30S. The van der Waals surface area contributed by atoms with Crippen molar-refractivity contribution in [3.8, 4) is 0 Å². The molecule has 4 saturated heterocycles. The summed E-state index contributed by atoms with van der Waals surface area (Å²) in [5.41, 5.74) is -0.695. The first-order valence-electron chi connectivity index (χ1n) is 41.8. The number of nitrogens with zero attached hydrogens (tertiary/aromatic N) is 4. The lowest BCUT2D eigenvalue weighted by atomic mass is 9.91. The molecule has 8 heterocycles. The van der Waals surface area contributed by atoms with Crippen molar-refractivity contribution in [2.24, 2.45) is 0 Å². The van der Waals surface area contributed by atoms with Gasteiger partial charge in [0.25, 0.3) is 47.3 Å². The molecule has 4 fully saturated rings. The van der Waals surface area contributed by atoms with Crippen molar-refractivity contribution in [2.45, 2.75) is 188 Å². The summed E-state index contributed by atoms with van der Waals surface area (Å²) >= 11 is 1.06. The molecule has 8 aromatic carbocycles. The number of fused-ring (bicyclic) bond motifs is 4. The molecule has 8 aliphatic rings. The molecule has 8 aromatic rings. The summed E-state index contributed by atoms with van der Waals surface area (Å²) in [7, 11) is 0. The molecule has 0 unspecified atom stereocenters. The van der Waals surface area contributed by atoms with E-state index in [-0.39, 0.29) is 64.3 Å². The summed E-state index contributed by atoms with van der Waals surface area (Å²) in [5, 5.41) is 0. The van der Waals surface area contributed by atoms with E-state index < -0.39 is 231 Å². The number of hydrogen-bond acceptors (Lipinski definition) is 31. The van der Waals surface area contributed by atoms with E-state index in [1.165, 1.54) is 84.9 Å². The SMILES string of the molecule is CC(=O)OC[C@H]1O[C@@H](O[C@H]2[C@H](OC(C)=O)[C@@H](N3C(=O)c4ccccc4C3=O)[C@H](O[C@H]3[C@H](OC(C)=O)[C@@H](N4C(=O)c5ccccc5C4=O)[C@H](O[C@H]4[C@H](OC(C)=O)[C@@H](N5C(=O)c6ccccc6C5=O)[C@H](Sc5ccccc5)O[C@@H]4COCc4ccccc4)O[C@@H]3COCc3ccccc3)O[C@@H]2COCc2ccccc2)[C@H](N2C(=O)c3ccccc3C2=O)[C@@H](OC(C)=O)[C@@H]1OC(C)=O. The van der Waals surface area contributed by atoms with Crippen molar-refractivity contribution in [3.63, 3.8) is 0 Å². The summed E-state index contributed by atoms with van der Waals surface area (Å²) in [6.45, 7) is 2.79. The second-order valence-electron chi connectivity index (χ2n) is 31.6. The van der Waals surface area contributed by atoms with Crippen molar-refractivity contribution in [3.05, 3.63) is 280 Å².